The first-order chi connectivity index (χ1) is 11.6. The highest BCUT2D eigenvalue weighted by Crippen LogP contribution is 2.43. The van der Waals surface area contributed by atoms with Crippen LogP contribution < -0.4 is 9.62 Å². The lowest BCUT2D eigenvalue weighted by molar-refractivity contribution is 0.110. The van der Waals surface area contributed by atoms with E-state index in [0.717, 1.165) is 18.0 Å². The number of para-hydroxylation sites is 1. The SMILES string of the molecule is COC(C)CCNC1c2ccc(Cl)cc2SN(C)c2ccccc21. The molecule has 3 rings (SSSR count). The first-order valence-electron chi connectivity index (χ1n) is 8.16. The standard InChI is InChI=1S/C19H23ClN2OS/c1-13(23-3)10-11-21-19-15-6-4-5-7-17(15)22(2)24-18-12-14(20)8-9-16(18)19/h4-9,12-13,19,21H,10-11H2,1-3H3. The summed E-state index contributed by atoms with van der Waals surface area (Å²) in [5, 5.41) is 4.49. The zero-order chi connectivity index (χ0) is 17.1. The molecule has 0 saturated heterocycles. The van der Waals surface area contributed by atoms with Crippen LogP contribution in [0.2, 0.25) is 5.02 Å². The summed E-state index contributed by atoms with van der Waals surface area (Å²) in [6.45, 7) is 2.99. The van der Waals surface area contributed by atoms with Crippen LogP contribution in [0.25, 0.3) is 0 Å². The first kappa shape index (κ1) is 17.6. The molecule has 0 aromatic heterocycles. The fourth-order valence-corrected chi connectivity index (χ4v) is 4.24. The normalized spacial score (nSPS) is 17.8. The molecule has 1 heterocycles. The molecule has 24 heavy (non-hydrogen) atoms. The topological polar surface area (TPSA) is 24.5 Å². The van der Waals surface area contributed by atoms with Crippen LogP contribution in [0.1, 0.15) is 30.5 Å². The van der Waals surface area contributed by atoms with Crippen LogP contribution in [0, 0.1) is 0 Å². The van der Waals surface area contributed by atoms with Crippen molar-refractivity contribution >= 4 is 29.2 Å². The Morgan fingerprint density at radius 1 is 1.25 bits per heavy atom. The number of fused-ring (bicyclic) bond motifs is 2. The molecule has 1 N–H and O–H groups in total. The van der Waals surface area contributed by atoms with E-state index in [0.29, 0.717) is 0 Å². The van der Waals surface area contributed by atoms with E-state index in [-0.39, 0.29) is 12.1 Å². The fraction of sp³-hybridized carbons (Fsp3) is 0.368. The van der Waals surface area contributed by atoms with Gasteiger partial charge in [0, 0.05) is 24.1 Å². The van der Waals surface area contributed by atoms with Gasteiger partial charge in [0.05, 0.1) is 17.8 Å². The predicted molar refractivity (Wildman–Crippen MR) is 103 cm³/mol. The molecule has 2 aromatic rings. The van der Waals surface area contributed by atoms with Crippen molar-refractivity contribution in [2.75, 3.05) is 25.0 Å². The number of methoxy groups -OCH3 is 1. The van der Waals surface area contributed by atoms with Gasteiger partial charge in [0.1, 0.15) is 0 Å². The Labute approximate surface area is 153 Å². The third-order valence-corrected chi connectivity index (χ3v) is 5.67. The molecule has 1 aliphatic heterocycles. The fourth-order valence-electron chi connectivity index (χ4n) is 2.98. The van der Waals surface area contributed by atoms with Crippen molar-refractivity contribution in [1.82, 2.24) is 5.32 Å². The molecule has 128 valence electrons. The average molecular weight is 363 g/mol. The molecule has 5 heteroatoms. The molecule has 0 radical (unpaired) electrons. The van der Waals surface area contributed by atoms with Gasteiger partial charge in [-0.1, -0.05) is 35.9 Å². The quantitative estimate of drug-likeness (QED) is 0.764. The number of hydrogen-bond acceptors (Lipinski definition) is 4. The third kappa shape index (κ3) is 3.72. The Balaban J connectivity index is 1.97. The maximum Gasteiger partial charge on any atom is 0.0609 e. The molecule has 2 atom stereocenters. The Kier molecular flexibility index (Phi) is 5.72. The highest BCUT2D eigenvalue weighted by Gasteiger charge is 2.26. The highest BCUT2D eigenvalue weighted by atomic mass is 35.5. The van der Waals surface area contributed by atoms with Crippen LogP contribution in [0.3, 0.4) is 0 Å². The lowest BCUT2D eigenvalue weighted by Crippen LogP contribution is -2.26. The number of hydrogen-bond donors (Lipinski definition) is 1. The second kappa shape index (κ2) is 7.79. The molecular weight excluding hydrogens is 340 g/mol. The Hall–Kier alpha value is -1.20. The van der Waals surface area contributed by atoms with Gasteiger partial charge in [0.25, 0.3) is 0 Å². The maximum absolute atomic E-state index is 6.23. The van der Waals surface area contributed by atoms with Crippen LogP contribution in [-0.2, 0) is 4.74 Å². The molecule has 3 nitrogen and oxygen atoms in total. The second-order valence-corrected chi connectivity index (χ2v) is 7.66. The first-order valence-corrected chi connectivity index (χ1v) is 9.31. The number of nitrogens with zero attached hydrogens (tertiary/aromatic N) is 1. The molecule has 0 fully saturated rings. The number of benzene rings is 2. The van der Waals surface area contributed by atoms with E-state index in [1.54, 1.807) is 19.1 Å². The Bertz CT molecular complexity index is 710. The second-order valence-electron chi connectivity index (χ2n) is 6.05. The molecule has 0 spiro atoms. The van der Waals surface area contributed by atoms with Crippen LogP contribution in [0.4, 0.5) is 5.69 Å². The van der Waals surface area contributed by atoms with E-state index in [2.05, 4.69) is 60.0 Å². The minimum atomic E-state index is 0.148. The van der Waals surface area contributed by atoms with Gasteiger partial charge in [0.2, 0.25) is 0 Å². The monoisotopic (exact) mass is 362 g/mol. The zero-order valence-electron chi connectivity index (χ0n) is 14.3. The Morgan fingerprint density at radius 3 is 2.83 bits per heavy atom. The summed E-state index contributed by atoms with van der Waals surface area (Å²) in [5.41, 5.74) is 3.79. The number of halogens is 1. The molecular formula is C19H23ClN2OS. The predicted octanol–water partition coefficient (Wildman–Crippen LogP) is 4.90. The van der Waals surface area contributed by atoms with Crippen LogP contribution in [0.5, 0.6) is 0 Å². The van der Waals surface area contributed by atoms with Gasteiger partial charge in [-0.2, -0.15) is 0 Å². The van der Waals surface area contributed by atoms with Crippen molar-refractivity contribution in [1.29, 1.82) is 0 Å². The average Bonchev–Trinajstić information content (AvgIpc) is 2.70. The summed E-state index contributed by atoms with van der Waals surface area (Å²) in [6, 6.07) is 14.9. The third-order valence-electron chi connectivity index (χ3n) is 4.41. The van der Waals surface area contributed by atoms with Crippen molar-refractivity contribution in [2.24, 2.45) is 0 Å². The summed E-state index contributed by atoms with van der Waals surface area (Å²) in [4.78, 5) is 1.19. The number of nitrogens with one attached hydrogen (secondary N) is 1. The van der Waals surface area contributed by atoms with Gasteiger partial charge >= 0.3 is 0 Å². The molecule has 2 unspecified atom stereocenters. The van der Waals surface area contributed by atoms with Crippen LogP contribution in [-0.4, -0.2) is 26.8 Å². The smallest absolute Gasteiger partial charge is 0.0609 e. The minimum absolute atomic E-state index is 0.148. The molecule has 2 aromatic carbocycles. The van der Waals surface area contributed by atoms with E-state index in [1.807, 2.05) is 6.07 Å². The zero-order valence-corrected chi connectivity index (χ0v) is 15.8. The van der Waals surface area contributed by atoms with Crippen molar-refractivity contribution in [2.45, 2.75) is 30.4 Å². The van der Waals surface area contributed by atoms with Crippen molar-refractivity contribution < 1.29 is 4.74 Å². The van der Waals surface area contributed by atoms with Gasteiger partial charge < -0.3 is 14.4 Å². The maximum atomic E-state index is 6.23. The van der Waals surface area contributed by atoms with Crippen molar-refractivity contribution in [3.8, 4) is 0 Å². The van der Waals surface area contributed by atoms with Crippen molar-refractivity contribution in [3.63, 3.8) is 0 Å². The van der Waals surface area contributed by atoms with E-state index in [1.165, 1.54) is 21.7 Å². The van der Waals surface area contributed by atoms with Crippen LogP contribution >= 0.6 is 23.5 Å². The number of rotatable bonds is 5. The summed E-state index contributed by atoms with van der Waals surface area (Å²) in [5.74, 6) is 0. The van der Waals surface area contributed by atoms with E-state index in [4.69, 9.17) is 16.3 Å². The van der Waals surface area contributed by atoms with Gasteiger partial charge in [-0.25, -0.2) is 0 Å². The highest BCUT2D eigenvalue weighted by molar-refractivity contribution is 8.00. The molecule has 0 aliphatic carbocycles. The lowest BCUT2D eigenvalue weighted by Gasteiger charge is -2.23. The molecule has 1 aliphatic rings. The number of anilines is 1. The minimum Gasteiger partial charge on any atom is -0.382 e. The van der Waals surface area contributed by atoms with Gasteiger partial charge in [0.15, 0.2) is 0 Å². The van der Waals surface area contributed by atoms with Gasteiger partial charge in [-0.15, -0.1) is 0 Å². The molecule has 0 saturated carbocycles. The van der Waals surface area contributed by atoms with E-state index in [9.17, 15) is 0 Å². The van der Waals surface area contributed by atoms with Gasteiger partial charge in [-0.3, -0.25) is 0 Å². The van der Waals surface area contributed by atoms with Crippen molar-refractivity contribution in [3.05, 3.63) is 58.6 Å². The van der Waals surface area contributed by atoms with Gasteiger partial charge in [-0.05, 0) is 61.2 Å². The Morgan fingerprint density at radius 2 is 2.04 bits per heavy atom. The van der Waals surface area contributed by atoms with E-state index >= 15 is 0 Å². The largest absolute Gasteiger partial charge is 0.382 e. The molecule has 0 bridgehead atoms. The van der Waals surface area contributed by atoms with Crippen LogP contribution in [0.15, 0.2) is 47.4 Å². The van der Waals surface area contributed by atoms with E-state index < -0.39 is 0 Å². The number of ether oxygens (including phenoxy) is 1. The summed E-state index contributed by atoms with van der Waals surface area (Å²) in [7, 11) is 3.86. The summed E-state index contributed by atoms with van der Waals surface area (Å²) in [6.07, 6.45) is 1.22. The summed E-state index contributed by atoms with van der Waals surface area (Å²) >= 11 is 7.95. The summed E-state index contributed by atoms with van der Waals surface area (Å²) < 4.78 is 7.58. The molecule has 0 amide bonds. The lowest BCUT2D eigenvalue weighted by atomic mass is 9.96.